The highest BCUT2D eigenvalue weighted by Gasteiger charge is 2.34. The molecule has 1 aliphatic rings. The summed E-state index contributed by atoms with van der Waals surface area (Å²) in [7, 11) is 0. The Labute approximate surface area is 163 Å². The zero-order valence-electron chi connectivity index (χ0n) is 15.8. The zero-order chi connectivity index (χ0) is 19.2. The van der Waals surface area contributed by atoms with Crippen LogP contribution in [-0.4, -0.2) is 45.5 Å². The largest absolute Gasteiger partial charge is 0.494 e. The second kappa shape index (κ2) is 8.94. The minimum atomic E-state index is -0.397. The Kier molecular flexibility index (Phi) is 6.39. The standard InChI is InChI=1S/C19H24N4O3S/c1-4-25-15-8-6-14(7-9-15)17-16(18(24)26-10-11-27-5-2)13(3)22-19-20-12-21-23(17)19/h6-9,12,17H,4-5,10-11H2,1-3H3,(H,20,21,22)/t17-/m1/s1. The smallest absolute Gasteiger partial charge is 0.338 e. The van der Waals surface area contributed by atoms with Crippen molar-refractivity contribution < 1.29 is 14.3 Å². The van der Waals surface area contributed by atoms with E-state index in [-0.39, 0.29) is 5.97 Å². The summed E-state index contributed by atoms with van der Waals surface area (Å²) in [5, 5.41) is 7.46. The van der Waals surface area contributed by atoms with Gasteiger partial charge < -0.3 is 14.8 Å². The predicted molar refractivity (Wildman–Crippen MR) is 106 cm³/mol. The first-order valence-electron chi connectivity index (χ1n) is 9.00. The Morgan fingerprint density at radius 3 is 2.78 bits per heavy atom. The predicted octanol–water partition coefficient (Wildman–Crippen LogP) is 3.26. The molecule has 0 fully saturated rings. The van der Waals surface area contributed by atoms with Crippen LogP contribution in [0.2, 0.25) is 0 Å². The molecule has 1 N–H and O–H groups in total. The van der Waals surface area contributed by atoms with Crippen LogP contribution >= 0.6 is 11.8 Å². The topological polar surface area (TPSA) is 78.3 Å². The lowest BCUT2D eigenvalue weighted by Crippen LogP contribution is -2.30. The molecule has 7 nitrogen and oxygen atoms in total. The summed E-state index contributed by atoms with van der Waals surface area (Å²) >= 11 is 1.74. The highest BCUT2D eigenvalue weighted by molar-refractivity contribution is 7.99. The van der Waals surface area contributed by atoms with Crippen molar-refractivity contribution in [2.45, 2.75) is 26.8 Å². The molecule has 27 heavy (non-hydrogen) atoms. The van der Waals surface area contributed by atoms with E-state index in [0.717, 1.165) is 28.5 Å². The Morgan fingerprint density at radius 2 is 2.07 bits per heavy atom. The number of aromatic nitrogens is 3. The third-order valence-electron chi connectivity index (χ3n) is 4.19. The SMILES string of the molecule is CCOc1ccc([C@@H]2C(C(=O)OCCSCC)=C(C)Nc3ncnn32)cc1. The highest BCUT2D eigenvalue weighted by Crippen LogP contribution is 2.35. The van der Waals surface area contributed by atoms with Crippen LogP contribution in [0.25, 0.3) is 0 Å². The van der Waals surface area contributed by atoms with Crippen LogP contribution < -0.4 is 10.1 Å². The van der Waals surface area contributed by atoms with E-state index < -0.39 is 6.04 Å². The van der Waals surface area contributed by atoms with E-state index in [9.17, 15) is 4.79 Å². The van der Waals surface area contributed by atoms with Crippen LogP contribution in [0.5, 0.6) is 5.75 Å². The molecule has 8 heteroatoms. The number of allylic oxidation sites excluding steroid dienone is 1. The van der Waals surface area contributed by atoms with E-state index in [1.165, 1.54) is 6.33 Å². The quantitative estimate of drug-likeness (QED) is 0.549. The molecule has 0 unspecified atom stereocenters. The van der Waals surface area contributed by atoms with Gasteiger partial charge in [0, 0.05) is 11.4 Å². The van der Waals surface area contributed by atoms with Crippen molar-refractivity contribution in [2.24, 2.45) is 0 Å². The summed E-state index contributed by atoms with van der Waals surface area (Å²) in [6.07, 6.45) is 1.48. The summed E-state index contributed by atoms with van der Waals surface area (Å²) in [6.45, 7) is 6.87. The Balaban J connectivity index is 1.90. The number of nitrogens with zero attached hydrogens (tertiary/aromatic N) is 3. The summed E-state index contributed by atoms with van der Waals surface area (Å²) in [5.41, 5.74) is 2.18. The van der Waals surface area contributed by atoms with E-state index in [1.54, 1.807) is 16.4 Å². The number of fused-ring (bicyclic) bond motifs is 1. The van der Waals surface area contributed by atoms with Gasteiger partial charge in [-0.05, 0) is 37.3 Å². The molecule has 0 saturated heterocycles. The second-order valence-electron chi connectivity index (χ2n) is 5.93. The average molecular weight is 388 g/mol. The molecule has 3 rings (SSSR count). The van der Waals surface area contributed by atoms with E-state index in [2.05, 4.69) is 22.3 Å². The van der Waals surface area contributed by atoms with E-state index in [4.69, 9.17) is 9.47 Å². The monoisotopic (exact) mass is 388 g/mol. The fourth-order valence-corrected chi connectivity index (χ4v) is 3.48. The van der Waals surface area contributed by atoms with Gasteiger partial charge in [0.1, 0.15) is 24.7 Å². The maximum atomic E-state index is 12.8. The first-order valence-corrected chi connectivity index (χ1v) is 10.2. The molecule has 0 saturated carbocycles. The van der Waals surface area contributed by atoms with Gasteiger partial charge in [-0.3, -0.25) is 0 Å². The lowest BCUT2D eigenvalue weighted by Gasteiger charge is -2.28. The number of ether oxygens (including phenoxy) is 2. The van der Waals surface area contributed by atoms with Gasteiger partial charge in [-0.25, -0.2) is 9.48 Å². The maximum Gasteiger partial charge on any atom is 0.338 e. The van der Waals surface area contributed by atoms with Gasteiger partial charge in [0.15, 0.2) is 0 Å². The summed E-state index contributed by atoms with van der Waals surface area (Å²) in [5.74, 6) is 2.83. The number of thioether (sulfide) groups is 1. The van der Waals surface area contributed by atoms with Crippen LogP contribution in [0.4, 0.5) is 5.95 Å². The summed E-state index contributed by atoms with van der Waals surface area (Å²) in [4.78, 5) is 17.1. The number of carbonyl (C=O) groups excluding carboxylic acids is 1. The van der Waals surface area contributed by atoms with Gasteiger partial charge >= 0.3 is 5.97 Å². The molecule has 144 valence electrons. The van der Waals surface area contributed by atoms with E-state index in [0.29, 0.717) is 24.7 Å². The first-order chi connectivity index (χ1) is 13.2. The second-order valence-corrected chi connectivity index (χ2v) is 7.32. The van der Waals surface area contributed by atoms with Crippen molar-refractivity contribution in [3.8, 4) is 5.75 Å². The minimum Gasteiger partial charge on any atom is -0.494 e. The Morgan fingerprint density at radius 1 is 1.30 bits per heavy atom. The Bertz CT molecular complexity index is 817. The lowest BCUT2D eigenvalue weighted by atomic mass is 9.96. The number of nitrogens with one attached hydrogen (secondary N) is 1. The van der Waals surface area contributed by atoms with Crippen molar-refractivity contribution in [2.75, 3.05) is 30.0 Å². The molecule has 2 aromatic rings. The average Bonchev–Trinajstić information content (AvgIpc) is 3.13. The van der Waals surface area contributed by atoms with Crippen LogP contribution in [0.15, 0.2) is 41.9 Å². The van der Waals surface area contributed by atoms with Gasteiger partial charge in [-0.2, -0.15) is 21.8 Å². The molecule has 1 atom stereocenters. The number of anilines is 1. The van der Waals surface area contributed by atoms with Crippen LogP contribution in [0, 0.1) is 0 Å². The molecular weight excluding hydrogens is 364 g/mol. The third kappa shape index (κ3) is 4.27. The summed E-state index contributed by atoms with van der Waals surface area (Å²) < 4.78 is 12.7. The maximum absolute atomic E-state index is 12.8. The minimum absolute atomic E-state index is 0.336. The molecule has 1 aromatic heterocycles. The van der Waals surface area contributed by atoms with Crippen molar-refractivity contribution in [3.63, 3.8) is 0 Å². The van der Waals surface area contributed by atoms with Gasteiger partial charge in [-0.1, -0.05) is 19.1 Å². The fraction of sp³-hybridized carbons (Fsp3) is 0.421. The van der Waals surface area contributed by atoms with Crippen molar-refractivity contribution >= 4 is 23.7 Å². The molecule has 0 radical (unpaired) electrons. The molecule has 0 amide bonds. The molecule has 1 aromatic carbocycles. The van der Waals surface area contributed by atoms with Crippen LogP contribution in [0.3, 0.4) is 0 Å². The number of hydrogen-bond acceptors (Lipinski definition) is 7. The van der Waals surface area contributed by atoms with Crippen LogP contribution in [0.1, 0.15) is 32.4 Å². The number of benzene rings is 1. The first kappa shape index (κ1) is 19.3. The summed E-state index contributed by atoms with van der Waals surface area (Å²) in [6, 6.07) is 7.28. The zero-order valence-corrected chi connectivity index (χ0v) is 16.6. The third-order valence-corrected chi connectivity index (χ3v) is 5.05. The molecule has 0 spiro atoms. The number of rotatable bonds is 8. The number of hydrogen-bond donors (Lipinski definition) is 1. The number of esters is 1. The van der Waals surface area contributed by atoms with Gasteiger partial charge in [-0.15, -0.1) is 0 Å². The normalized spacial score (nSPS) is 15.9. The van der Waals surface area contributed by atoms with E-state index in [1.807, 2.05) is 38.1 Å². The van der Waals surface area contributed by atoms with Crippen molar-refractivity contribution in [1.82, 2.24) is 14.8 Å². The van der Waals surface area contributed by atoms with E-state index >= 15 is 0 Å². The molecule has 2 heterocycles. The fourth-order valence-electron chi connectivity index (χ4n) is 2.99. The molecule has 0 aliphatic carbocycles. The van der Waals surface area contributed by atoms with Crippen molar-refractivity contribution in [3.05, 3.63) is 47.4 Å². The van der Waals surface area contributed by atoms with Gasteiger partial charge in [0.05, 0.1) is 12.2 Å². The number of carbonyl (C=O) groups is 1. The van der Waals surface area contributed by atoms with Crippen LogP contribution in [-0.2, 0) is 9.53 Å². The Hall–Kier alpha value is -2.48. The molecule has 0 bridgehead atoms. The molecule has 1 aliphatic heterocycles. The van der Waals surface area contributed by atoms with Gasteiger partial charge in [0.2, 0.25) is 5.95 Å². The van der Waals surface area contributed by atoms with Gasteiger partial charge in [0.25, 0.3) is 0 Å². The highest BCUT2D eigenvalue weighted by atomic mass is 32.2. The molecular formula is C19H24N4O3S. The lowest BCUT2D eigenvalue weighted by molar-refractivity contribution is -0.138. The van der Waals surface area contributed by atoms with Crippen molar-refractivity contribution in [1.29, 1.82) is 0 Å².